The van der Waals surface area contributed by atoms with Gasteiger partial charge in [0.2, 0.25) is 8.32 Å². The first-order valence-corrected chi connectivity index (χ1v) is 7.08. The maximum Gasteiger partial charge on any atom is 0.242 e. The highest BCUT2D eigenvalue weighted by Crippen LogP contribution is 2.13. The van der Waals surface area contributed by atoms with Crippen molar-refractivity contribution in [1.29, 1.82) is 0 Å². The fourth-order valence-corrected chi connectivity index (χ4v) is 1.44. The van der Waals surface area contributed by atoms with Crippen molar-refractivity contribution < 1.29 is 14.3 Å². The molecule has 0 amide bonds. The predicted octanol–water partition coefficient (Wildman–Crippen LogP) is 2.40. The third-order valence-corrected chi connectivity index (χ3v) is 1.80. The molecule has 0 bridgehead atoms. The smallest absolute Gasteiger partial charge is 0.242 e. The van der Waals surface area contributed by atoms with Crippen molar-refractivity contribution in [3.8, 4) is 0 Å². The van der Waals surface area contributed by atoms with Gasteiger partial charge in [0.05, 0.1) is 7.11 Å². The number of rotatable bonds is 4. The molecule has 0 saturated heterocycles. The lowest BCUT2D eigenvalue weighted by Crippen LogP contribution is -2.25. The van der Waals surface area contributed by atoms with E-state index in [-0.39, 0.29) is 11.5 Å². The van der Waals surface area contributed by atoms with Gasteiger partial charge in [0.15, 0.2) is 5.76 Å². The maximum atomic E-state index is 9.21. The SMILES string of the molecule is C=C(O[Si](C)(C)C)C(O)=COC. The number of methoxy groups -OCH3 is 1. The lowest BCUT2D eigenvalue weighted by Gasteiger charge is -2.20. The van der Waals surface area contributed by atoms with Gasteiger partial charge >= 0.3 is 0 Å². The van der Waals surface area contributed by atoms with Crippen molar-refractivity contribution in [3.05, 3.63) is 24.4 Å². The lowest BCUT2D eigenvalue weighted by molar-refractivity contribution is 0.277. The first kappa shape index (κ1) is 11.1. The second-order valence-corrected chi connectivity index (χ2v) is 7.81. The van der Waals surface area contributed by atoms with Crippen LogP contribution in [0.3, 0.4) is 0 Å². The Morgan fingerprint density at radius 1 is 1.42 bits per heavy atom. The summed E-state index contributed by atoms with van der Waals surface area (Å²) in [5, 5.41) is 9.21. The maximum absolute atomic E-state index is 9.21. The Kier molecular flexibility index (Phi) is 3.89. The Hall–Kier alpha value is -0.903. The molecule has 4 heteroatoms. The van der Waals surface area contributed by atoms with E-state index < -0.39 is 8.32 Å². The molecule has 0 saturated carbocycles. The predicted molar refractivity (Wildman–Crippen MR) is 51.3 cm³/mol. The molecule has 0 heterocycles. The fraction of sp³-hybridized carbons (Fsp3) is 0.500. The van der Waals surface area contributed by atoms with E-state index in [1.807, 2.05) is 19.6 Å². The zero-order valence-electron chi connectivity index (χ0n) is 8.05. The third kappa shape index (κ3) is 4.84. The van der Waals surface area contributed by atoms with Gasteiger partial charge in [0.1, 0.15) is 12.0 Å². The van der Waals surface area contributed by atoms with Crippen LogP contribution in [-0.2, 0) is 9.16 Å². The van der Waals surface area contributed by atoms with Crippen LogP contribution < -0.4 is 0 Å². The van der Waals surface area contributed by atoms with Gasteiger partial charge in [0, 0.05) is 0 Å². The van der Waals surface area contributed by atoms with Gasteiger partial charge in [-0.25, -0.2) is 0 Å². The van der Waals surface area contributed by atoms with Crippen molar-refractivity contribution in [1.82, 2.24) is 0 Å². The van der Waals surface area contributed by atoms with Crippen molar-refractivity contribution in [2.75, 3.05) is 7.11 Å². The molecule has 0 atom stereocenters. The van der Waals surface area contributed by atoms with Crippen molar-refractivity contribution in [2.24, 2.45) is 0 Å². The third-order valence-electron chi connectivity index (χ3n) is 0.945. The van der Waals surface area contributed by atoms with Crippen LogP contribution in [-0.4, -0.2) is 20.5 Å². The van der Waals surface area contributed by atoms with Crippen LogP contribution in [0.5, 0.6) is 0 Å². The molecule has 0 aliphatic heterocycles. The van der Waals surface area contributed by atoms with E-state index in [4.69, 9.17) is 4.43 Å². The first-order chi connectivity index (χ1) is 5.37. The normalized spacial score (nSPS) is 12.5. The molecule has 0 aliphatic rings. The quantitative estimate of drug-likeness (QED) is 0.418. The van der Waals surface area contributed by atoms with Gasteiger partial charge in [-0.3, -0.25) is 0 Å². The minimum absolute atomic E-state index is 0.0556. The Balaban J connectivity index is 4.15. The molecule has 0 spiro atoms. The Labute approximate surface area is 74.4 Å². The Morgan fingerprint density at radius 2 is 1.92 bits per heavy atom. The van der Waals surface area contributed by atoms with E-state index in [1.54, 1.807) is 0 Å². The van der Waals surface area contributed by atoms with E-state index in [9.17, 15) is 5.11 Å². The topological polar surface area (TPSA) is 38.7 Å². The molecule has 0 unspecified atom stereocenters. The second-order valence-electron chi connectivity index (χ2n) is 3.38. The first-order valence-electron chi connectivity index (χ1n) is 3.67. The molecule has 0 aromatic rings. The van der Waals surface area contributed by atoms with Crippen LogP contribution in [0.4, 0.5) is 0 Å². The molecule has 0 aliphatic carbocycles. The summed E-state index contributed by atoms with van der Waals surface area (Å²) in [6, 6.07) is 0. The molecule has 1 N–H and O–H groups in total. The summed E-state index contributed by atoms with van der Waals surface area (Å²) in [6.07, 6.45) is 1.20. The zero-order valence-corrected chi connectivity index (χ0v) is 9.05. The highest BCUT2D eigenvalue weighted by Gasteiger charge is 2.18. The monoisotopic (exact) mass is 188 g/mol. The molecule has 0 rings (SSSR count). The largest absolute Gasteiger partial charge is 0.542 e. The molecule has 0 aromatic carbocycles. The molecular formula is C8H16O3Si. The van der Waals surface area contributed by atoms with Crippen molar-refractivity contribution in [2.45, 2.75) is 19.6 Å². The van der Waals surface area contributed by atoms with E-state index in [0.717, 1.165) is 0 Å². The van der Waals surface area contributed by atoms with Crippen molar-refractivity contribution >= 4 is 8.32 Å². The minimum atomic E-state index is -1.67. The number of aliphatic hydroxyl groups excluding tert-OH is 1. The summed E-state index contributed by atoms with van der Waals surface area (Å²) < 4.78 is 10.00. The van der Waals surface area contributed by atoms with Gasteiger partial charge in [-0.1, -0.05) is 6.58 Å². The minimum Gasteiger partial charge on any atom is -0.542 e. The number of hydrogen-bond donors (Lipinski definition) is 1. The van der Waals surface area contributed by atoms with Crippen molar-refractivity contribution in [3.63, 3.8) is 0 Å². The van der Waals surface area contributed by atoms with Crippen LogP contribution in [0.1, 0.15) is 0 Å². The van der Waals surface area contributed by atoms with Gasteiger partial charge in [-0.05, 0) is 19.6 Å². The van der Waals surface area contributed by atoms with E-state index in [1.165, 1.54) is 13.4 Å². The summed E-state index contributed by atoms with van der Waals surface area (Å²) in [7, 11) is -0.212. The van der Waals surface area contributed by atoms with Crippen LogP contribution in [0.25, 0.3) is 0 Å². The van der Waals surface area contributed by atoms with Crippen LogP contribution >= 0.6 is 0 Å². The molecular weight excluding hydrogens is 172 g/mol. The lowest BCUT2D eigenvalue weighted by atomic mass is 10.5. The van der Waals surface area contributed by atoms with Crippen LogP contribution in [0.2, 0.25) is 19.6 Å². The van der Waals surface area contributed by atoms with E-state index in [0.29, 0.717) is 0 Å². The summed E-state index contributed by atoms with van der Waals surface area (Å²) in [5.74, 6) is 0.218. The molecule has 3 nitrogen and oxygen atoms in total. The Bertz CT molecular complexity index is 191. The number of ether oxygens (including phenoxy) is 1. The Morgan fingerprint density at radius 3 is 2.25 bits per heavy atom. The summed E-state index contributed by atoms with van der Waals surface area (Å²) in [5.41, 5.74) is 0. The summed E-state index contributed by atoms with van der Waals surface area (Å²) >= 11 is 0. The second kappa shape index (κ2) is 4.20. The summed E-state index contributed by atoms with van der Waals surface area (Å²) in [6.45, 7) is 9.61. The van der Waals surface area contributed by atoms with Gasteiger partial charge in [0.25, 0.3) is 0 Å². The van der Waals surface area contributed by atoms with E-state index >= 15 is 0 Å². The van der Waals surface area contributed by atoms with Gasteiger partial charge in [-0.15, -0.1) is 0 Å². The molecule has 70 valence electrons. The standard InChI is InChI=1S/C8H16O3Si/c1-7(8(9)6-10-2)11-12(3,4)5/h6,9H,1H2,2-5H3. The highest BCUT2D eigenvalue weighted by atomic mass is 28.4. The number of aliphatic hydroxyl groups is 1. The van der Waals surface area contributed by atoms with Crippen LogP contribution in [0, 0.1) is 0 Å². The average Bonchev–Trinajstić information content (AvgIpc) is 1.84. The number of hydrogen-bond acceptors (Lipinski definition) is 3. The summed E-state index contributed by atoms with van der Waals surface area (Å²) in [4.78, 5) is 0. The highest BCUT2D eigenvalue weighted by molar-refractivity contribution is 6.70. The zero-order chi connectivity index (χ0) is 9.78. The molecule has 12 heavy (non-hydrogen) atoms. The fourth-order valence-electron chi connectivity index (χ4n) is 0.599. The molecule has 0 aromatic heterocycles. The van der Waals surface area contributed by atoms with E-state index in [2.05, 4.69) is 11.3 Å². The molecule has 0 radical (unpaired) electrons. The van der Waals surface area contributed by atoms with Gasteiger partial charge in [-0.2, -0.15) is 0 Å². The van der Waals surface area contributed by atoms with Gasteiger partial charge < -0.3 is 14.3 Å². The molecule has 0 fully saturated rings. The van der Waals surface area contributed by atoms with Crippen LogP contribution in [0.15, 0.2) is 24.4 Å². The average molecular weight is 188 g/mol.